The second-order valence-corrected chi connectivity index (χ2v) is 5.02. The summed E-state index contributed by atoms with van der Waals surface area (Å²) in [5.41, 5.74) is 0. The van der Waals surface area contributed by atoms with E-state index in [4.69, 9.17) is 0 Å². The predicted molar refractivity (Wildman–Crippen MR) is 55.0 cm³/mol. The minimum atomic E-state index is -0.160. The van der Waals surface area contributed by atoms with Crippen LogP contribution in [-0.2, 0) is 9.59 Å². The molecular formula is C9H14N2O2S. The molecule has 78 valence electrons. The van der Waals surface area contributed by atoms with Crippen LogP contribution in [0.25, 0.3) is 0 Å². The molecule has 4 nitrogen and oxygen atoms in total. The number of hydrogen-bond donors (Lipinski definition) is 1. The maximum absolute atomic E-state index is 11.1. The van der Waals surface area contributed by atoms with Crippen molar-refractivity contribution >= 4 is 23.6 Å². The van der Waals surface area contributed by atoms with E-state index in [1.807, 2.05) is 16.7 Å². The molecule has 1 atom stereocenters. The SMILES string of the molecule is O=C1CN(CC2CCSC2)CC(=O)N1. The molecule has 2 fully saturated rings. The van der Waals surface area contributed by atoms with Gasteiger partial charge in [0, 0.05) is 6.54 Å². The van der Waals surface area contributed by atoms with Gasteiger partial charge in [-0.05, 0) is 23.8 Å². The van der Waals surface area contributed by atoms with Crippen LogP contribution < -0.4 is 5.32 Å². The Kier molecular flexibility index (Phi) is 3.08. The van der Waals surface area contributed by atoms with Crippen molar-refractivity contribution in [3.05, 3.63) is 0 Å². The maximum atomic E-state index is 11.1. The van der Waals surface area contributed by atoms with Crippen molar-refractivity contribution in [3.63, 3.8) is 0 Å². The molecule has 2 heterocycles. The Hall–Kier alpha value is -0.550. The Balaban J connectivity index is 1.84. The number of carbonyl (C=O) groups is 2. The van der Waals surface area contributed by atoms with Crippen LogP contribution in [0, 0.1) is 5.92 Å². The first kappa shape index (κ1) is 9.98. The second kappa shape index (κ2) is 4.31. The summed E-state index contributed by atoms with van der Waals surface area (Å²) < 4.78 is 0. The molecule has 0 aromatic rings. The van der Waals surface area contributed by atoms with Crippen LogP contribution >= 0.6 is 11.8 Å². The second-order valence-electron chi connectivity index (χ2n) is 3.87. The van der Waals surface area contributed by atoms with Crippen LogP contribution in [0.1, 0.15) is 6.42 Å². The molecule has 0 aromatic heterocycles. The van der Waals surface area contributed by atoms with Gasteiger partial charge in [0.05, 0.1) is 13.1 Å². The standard InChI is InChI=1S/C9H14N2O2S/c12-8-4-11(5-9(13)10-8)3-7-1-2-14-6-7/h7H,1-6H2,(H,10,12,13). The summed E-state index contributed by atoms with van der Waals surface area (Å²) in [4.78, 5) is 24.1. The van der Waals surface area contributed by atoms with Gasteiger partial charge in [-0.2, -0.15) is 11.8 Å². The molecule has 2 saturated heterocycles. The fourth-order valence-electron chi connectivity index (χ4n) is 1.92. The lowest BCUT2D eigenvalue weighted by molar-refractivity contribution is -0.136. The number of rotatable bonds is 2. The average molecular weight is 214 g/mol. The van der Waals surface area contributed by atoms with E-state index in [9.17, 15) is 9.59 Å². The van der Waals surface area contributed by atoms with Gasteiger partial charge in [0.2, 0.25) is 11.8 Å². The molecule has 2 amide bonds. The van der Waals surface area contributed by atoms with E-state index in [1.54, 1.807) is 0 Å². The van der Waals surface area contributed by atoms with E-state index in [2.05, 4.69) is 5.32 Å². The summed E-state index contributed by atoms with van der Waals surface area (Å²) in [6.45, 7) is 1.66. The van der Waals surface area contributed by atoms with Crippen molar-refractivity contribution in [1.29, 1.82) is 0 Å². The molecule has 14 heavy (non-hydrogen) atoms. The fourth-order valence-corrected chi connectivity index (χ4v) is 3.19. The van der Waals surface area contributed by atoms with Crippen molar-refractivity contribution in [2.45, 2.75) is 6.42 Å². The maximum Gasteiger partial charge on any atom is 0.240 e. The van der Waals surface area contributed by atoms with E-state index >= 15 is 0 Å². The molecule has 0 aromatic carbocycles. The molecule has 0 saturated carbocycles. The third-order valence-corrected chi connectivity index (χ3v) is 3.79. The number of imide groups is 1. The van der Waals surface area contributed by atoms with Crippen LogP contribution in [0.5, 0.6) is 0 Å². The number of hydrogen-bond acceptors (Lipinski definition) is 4. The Morgan fingerprint density at radius 2 is 2.07 bits per heavy atom. The molecule has 0 spiro atoms. The van der Waals surface area contributed by atoms with Gasteiger partial charge < -0.3 is 0 Å². The lowest BCUT2D eigenvalue weighted by Gasteiger charge is -2.27. The summed E-state index contributed by atoms with van der Waals surface area (Å²) in [5.74, 6) is 2.74. The highest BCUT2D eigenvalue weighted by Gasteiger charge is 2.25. The molecule has 2 aliphatic heterocycles. The fraction of sp³-hybridized carbons (Fsp3) is 0.778. The Bertz CT molecular complexity index is 235. The molecule has 0 bridgehead atoms. The summed E-state index contributed by atoms with van der Waals surface area (Å²) in [6.07, 6.45) is 1.22. The number of thioether (sulfide) groups is 1. The quantitative estimate of drug-likeness (QED) is 0.641. The summed E-state index contributed by atoms with van der Waals surface area (Å²) in [6, 6.07) is 0. The minimum absolute atomic E-state index is 0.160. The number of carbonyl (C=O) groups excluding carboxylic acids is 2. The van der Waals surface area contributed by atoms with Gasteiger partial charge in [0.25, 0.3) is 0 Å². The van der Waals surface area contributed by atoms with Crippen LogP contribution in [0.2, 0.25) is 0 Å². The van der Waals surface area contributed by atoms with Gasteiger partial charge in [-0.3, -0.25) is 19.8 Å². The third kappa shape index (κ3) is 2.48. The average Bonchev–Trinajstić information content (AvgIpc) is 2.54. The van der Waals surface area contributed by atoms with E-state index < -0.39 is 0 Å². The predicted octanol–water partition coefficient (Wildman–Crippen LogP) is -0.302. The number of amides is 2. The molecular weight excluding hydrogens is 200 g/mol. The molecule has 0 aliphatic carbocycles. The van der Waals surface area contributed by atoms with Gasteiger partial charge in [0.1, 0.15) is 0 Å². The monoisotopic (exact) mass is 214 g/mol. The van der Waals surface area contributed by atoms with E-state index in [0.29, 0.717) is 19.0 Å². The van der Waals surface area contributed by atoms with Gasteiger partial charge in [-0.25, -0.2) is 0 Å². The number of nitrogens with one attached hydrogen (secondary N) is 1. The highest BCUT2D eigenvalue weighted by molar-refractivity contribution is 7.99. The van der Waals surface area contributed by atoms with Gasteiger partial charge >= 0.3 is 0 Å². The lowest BCUT2D eigenvalue weighted by atomic mass is 10.1. The van der Waals surface area contributed by atoms with Crippen LogP contribution in [0.3, 0.4) is 0 Å². The number of piperazine rings is 1. The molecule has 1 unspecified atom stereocenters. The van der Waals surface area contributed by atoms with Gasteiger partial charge in [-0.15, -0.1) is 0 Å². The van der Waals surface area contributed by atoms with E-state index in [1.165, 1.54) is 17.9 Å². The zero-order chi connectivity index (χ0) is 9.97. The van der Waals surface area contributed by atoms with Crippen molar-refractivity contribution in [2.75, 3.05) is 31.1 Å². The van der Waals surface area contributed by atoms with Crippen molar-refractivity contribution in [1.82, 2.24) is 10.2 Å². The van der Waals surface area contributed by atoms with Gasteiger partial charge in [-0.1, -0.05) is 0 Å². The summed E-state index contributed by atoms with van der Waals surface area (Å²) in [5, 5.41) is 2.31. The topological polar surface area (TPSA) is 49.4 Å². The highest BCUT2D eigenvalue weighted by Crippen LogP contribution is 2.24. The van der Waals surface area contributed by atoms with Crippen molar-refractivity contribution < 1.29 is 9.59 Å². The first-order chi connectivity index (χ1) is 6.74. The number of nitrogens with zero attached hydrogens (tertiary/aromatic N) is 1. The molecule has 2 rings (SSSR count). The molecule has 1 N–H and O–H groups in total. The van der Waals surface area contributed by atoms with Crippen LogP contribution in [-0.4, -0.2) is 47.9 Å². The first-order valence-corrected chi connectivity index (χ1v) is 6.02. The molecule has 5 heteroatoms. The van der Waals surface area contributed by atoms with Crippen molar-refractivity contribution in [3.8, 4) is 0 Å². The zero-order valence-corrected chi connectivity index (χ0v) is 8.81. The first-order valence-electron chi connectivity index (χ1n) is 4.87. The Morgan fingerprint density at radius 3 is 2.64 bits per heavy atom. The minimum Gasteiger partial charge on any atom is -0.294 e. The normalized spacial score (nSPS) is 29.3. The smallest absolute Gasteiger partial charge is 0.240 e. The van der Waals surface area contributed by atoms with Gasteiger partial charge in [0.15, 0.2) is 0 Å². The van der Waals surface area contributed by atoms with Crippen LogP contribution in [0.15, 0.2) is 0 Å². The Morgan fingerprint density at radius 1 is 1.36 bits per heavy atom. The Labute approximate surface area is 87.4 Å². The van der Waals surface area contributed by atoms with E-state index in [-0.39, 0.29) is 11.8 Å². The largest absolute Gasteiger partial charge is 0.294 e. The molecule has 0 radical (unpaired) electrons. The van der Waals surface area contributed by atoms with E-state index in [0.717, 1.165) is 6.54 Å². The summed E-state index contributed by atoms with van der Waals surface area (Å²) in [7, 11) is 0. The van der Waals surface area contributed by atoms with Crippen molar-refractivity contribution in [2.24, 2.45) is 5.92 Å². The third-order valence-electron chi connectivity index (χ3n) is 2.55. The molecule has 2 aliphatic rings. The lowest BCUT2D eigenvalue weighted by Crippen LogP contribution is -2.52. The highest BCUT2D eigenvalue weighted by atomic mass is 32.2. The summed E-state index contributed by atoms with van der Waals surface area (Å²) >= 11 is 1.96. The zero-order valence-electron chi connectivity index (χ0n) is 7.99. The van der Waals surface area contributed by atoms with Crippen LogP contribution in [0.4, 0.5) is 0 Å².